The molecule has 0 radical (unpaired) electrons. The number of Topliss-reactive ketones (excluding diaryl/α,β-unsaturated/α-hetero) is 1. The molecule has 0 aromatic carbocycles. The summed E-state index contributed by atoms with van der Waals surface area (Å²) in [5.74, 6) is 0.115. The fourth-order valence-corrected chi connectivity index (χ4v) is 11.6. The summed E-state index contributed by atoms with van der Waals surface area (Å²) in [6.45, 7) is 24.5. The number of hydrogen-bond acceptors (Lipinski definition) is 7. The quantitative estimate of drug-likeness (QED) is 0.0380. The first kappa shape index (κ1) is 49.5. The van der Waals surface area contributed by atoms with Crippen LogP contribution < -0.4 is 0 Å². The summed E-state index contributed by atoms with van der Waals surface area (Å²) >= 11 is 0. The lowest BCUT2D eigenvalue weighted by Gasteiger charge is -2.33. The summed E-state index contributed by atoms with van der Waals surface area (Å²) < 4.78 is 32.2. The lowest BCUT2D eigenvalue weighted by molar-refractivity contribution is -0.139. The van der Waals surface area contributed by atoms with Gasteiger partial charge in [-0.15, -0.1) is 0 Å². The first-order valence-corrected chi connectivity index (χ1v) is 32.7. The molecule has 316 valence electrons. The average molecular weight is 811 g/mol. The first-order valence-electron chi connectivity index (χ1n) is 22.5. The van der Waals surface area contributed by atoms with E-state index < -0.39 is 25.0 Å². The SMILES string of the molecule is CCCCCCCCCCCC[C@@H](O[Si](C)(C)C)C1CC[C@H]([C@@H](CCCCCCC(=O)CCC[C@H](CC2=C[C@H](C)OC2=O)O[Si](C)(C)C)O[Si](C)(C)C)O1. The predicted molar refractivity (Wildman–Crippen MR) is 234 cm³/mol. The minimum absolute atomic E-state index is 0.0395. The van der Waals surface area contributed by atoms with Crippen molar-refractivity contribution in [2.45, 2.75) is 257 Å². The van der Waals surface area contributed by atoms with E-state index in [4.69, 9.17) is 22.8 Å². The molecular weight excluding hydrogens is 725 g/mol. The van der Waals surface area contributed by atoms with Crippen LogP contribution in [0.3, 0.4) is 0 Å². The molecule has 1 fully saturated rings. The van der Waals surface area contributed by atoms with E-state index in [0.29, 0.717) is 30.6 Å². The Bertz CT molecular complexity index is 1080. The van der Waals surface area contributed by atoms with Gasteiger partial charge in [-0.05, 0) is 117 Å². The molecule has 2 heterocycles. The smallest absolute Gasteiger partial charge is 0.334 e. The van der Waals surface area contributed by atoms with Gasteiger partial charge in [0.05, 0.1) is 24.4 Å². The highest BCUT2D eigenvalue weighted by Crippen LogP contribution is 2.33. The summed E-state index contributed by atoms with van der Waals surface area (Å²) in [5.41, 5.74) is 0.716. The Morgan fingerprint density at radius 1 is 0.648 bits per heavy atom. The number of carbonyl (C=O) groups is 2. The van der Waals surface area contributed by atoms with Gasteiger partial charge in [-0.3, -0.25) is 4.79 Å². The molecule has 0 saturated carbocycles. The van der Waals surface area contributed by atoms with Crippen molar-refractivity contribution >= 4 is 36.7 Å². The van der Waals surface area contributed by atoms with Crippen molar-refractivity contribution in [1.82, 2.24) is 0 Å². The molecular formula is C44H86O7Si3. The number of carbonyl (C=O) groups excluding carboxylic acids is 2. The largest absolute Gasteiger partial charge is 0.455 e. The summed E-state index contributed by atoms with van der Waals surface area (Å²) in [7, 11) is -5.23. The number of ketones is 1. The van der Waals surface area contributed by atoms with Crippen LogP contribution in [0.4, 0.5) is 0 Å². The molecule has 0 aromatic rings. The number of hydrogen-bond donors (Lipinski definition) is 0. The molecule has 2 aliphatic heterocycles. The Kier molecular flexibility index (Phi) is 23.5. The lowest BCUT2D eigenvalue weighted by Crippen LogP contribution is -2.42. The van der Waals surface area contributed by atoms with Gasteiger partial charge in [0.25, 0.3) is 0 Å². The standard InChI is InChI=1S/C44H86O7Si3/c1-12-13-14-15-16-17-18-19-20-24-30-42(50-53(6,7)8)40-32-33-41(48-40)43(51-54(9,10)11)31-25-22-21-23-27-38(45)28-26-29-39(49-52(3,4)5)35-37-34-36(2)47-44(37)46/h34,36,39-43H,12-33,35H2,1-11H3/t36-,39+,40?,41+,42+,43+/m0/s1. The molecule has 0 amide bonds. The van der Waals surface area contributed by atoms with Gasteiger partial charge in [-0.1, -0.05) is 90.4 Å². The Labute approximate surface area is 336 Å². The van der Waals surface area contributed by atoms with E-state index in [0.717, 1.165) is 64.2 Å². The van der Waals surface area contributed by atoms with Gasteiger partial charge in [-0.2, -0.15) is 0 Å². The number of esters is 1. The topological polar surface area (TPSA) is 80.3 Å². The van der Waals surface area contributed by atoms with Gasteiger partial charge in [-0.25, -0.2) is 4.79 Å². The fraction of sp³-hybridized carbons (Fsp3) is 0.909. The molecule has 0 bridgehead atoms. The van der Waals surface area contributed by atoms with Crippen molar-refractivity contribution in [3.63, 3.8) is 0 Å². The van der Waals surface area contributed by atoms with E-state index in [1.165, 1.54) is 64.2 Å². The van der Waals surface area contributed by atoms with Crippen LogP contribution in [0.5, 0.6) is 0 Å². The molecule has 1 saturated heterocycles. The second kappa shape index (κ2) is 25.7. The highest BCUT2D eigenvalue weighted by Gasteiger charge is 2.39. The highest BCUT2D eigenvalue weighted by molar-refractivity contribution is 6.70. The van der Waals surface area contributed by atoms with E-state index in [1.54, 1.807) is 0 Å². The second-order valence-corrected chi connectivity index (χ2v) is 32.9. The van der Waals surface area contributed by atoms with Crippen LogP contribution in [0.2, 0.25) is 58.9 Å². The van der Waals surface area contributed by atoms with Crippen LogP contribution in [0, 0.1) is 0 Å². The van der Waals surface area contributed by atoms with Crippen LogP contribution in [0.15, 0.2) is 11.6 Å². The molecule has 0 aliphatic carbocycles. The lowest BCUT2D eigenvalue weighted by atomic mass is 9.99. The van der Waals surface area contributed by atoms with Crippen LogP contribution >= 0.6 is 0 Å². The van der Waals surface area contributed by atoms with E-state index >= 15 is 0 Å². The van der Waals surface area contributed by atoms with Gasteiger partial charge >= 0.3 is 5.97 Å². The van der Waals surface area contributed by atoms with E-state index in [9.17, 15) is 9.59 Å². The number of ether oxygens (including phenoxy) is 2. The molecule has 0 N–H and O–H groups in total. The molecule has 7 nitrogen and oxygen atoms in total. The Morgan fingerprint density at radius 2 is 1.09 bits per heavy atom. The van der Waals surface area contributed by atoms with E-state index in [2.05, 4.69) is 65.8 Å². The van der Waals surface area contributed by atoms with Crippen molar-refractivity contribution in [3.8, 4) is 0 Å². The normalized spacial score (nSPS) is 21.3. The van der Waals surface area contributed by atoms with Gasteiger partial charge < -0.3 is 22.8 Å². The van der Waals surface area contributed by atoms with Gasteiger partial charge in [0.2, 0.25) is 0 Å². The molecule has 10 heteroatoms. The zero-order valence-electron chi connectivity index (χ0n) is 37.2. The fourth-order valence-electron chi connectivity index (χ4n) is 8.02. The summed E-state index contributed by atoms with van der Waals surface area (Å²) in [4.78, 5) is 25.0. The van der Waals surface area contributed by atoms with Crippen molar-refractivity contribution in [3.05, 3.63) is 11.6 Å². The molecule has 54 heavy (non-hydrogen) atoms. The molecule has 2 aliphatic rings. The van der Waals surface area contributed by atoms with Crippen molar-refractivity contribution < 1.29 is 32.3 Å². The van der Waals surface area contributed by atoms with Crippen LogP contribution in [-0.4, -0.2) is 73.3 Å². The maximum atomic E-state index is 12.8. The summed E-state index contributed by atoms with van der Waals surface area (Å²) in [5, 5.41) is 0. The third-order valence-electron chi connectivity index (χ3n) is 10.4. The number of cyclic esters (lactones) is 1. The van der Waals surface area contributed by atoms with Gasteiger partial charge in [0, 0.05) is 30.9 Å². The minimum atomic E-state index is -1.79. The highest BCUT2D eigenvalue weighted by atomic mass is 28.4. The minimum Gasteiger partial charge on any atom is -0.455 e. The van der Waals surface area contributed by atoms with E-state index in [1.807, 2.05) is 13.0 Å². The van der Waals surface area contributed by atoms with Crippen LogP contribution in [-0.2, 0) is 32.3 Å². The van der Waals surface area contributed by atoms with Crippen molar-refractivity contribution in [1.29, 1.82) is 0 Å². The summed E-state index contributed by atoms with van der Waals surface area (Å²) in [6.07, 6.45) is 27.8. The zero-order valence-corrected chi connectivity index (χ0v) is 40.2. The maximum absolute atomic E-state index is 12.8. The van der Waals surface area contributed by atoms with Gasteiger partial charge in [0.15, 0.2) is 25.0 Å². The zero-order chi connectivity index (χ0) is 40.2. The molecule has 0 spiro atoms. The Balaban J connectivity index is 1.75. The first-order chi connectivity index (χ1) is 25.3. The number of rotatable bonds is 32. The second-order valence-electron chi connectivity index (χ2n) is 19.5. The number of unbranched alkanes of at least 4 members (excludes halogenated alkanes) is 12. The van der Waals surface area contributed by atoms with Crippen LogP contribution in [0.1, 0.15) is 162 Å². The molecule has 2 rings (SSSR count). The predicted octanol–water partition coefficient (Wildman–Crippen LogP) is 12.8. The van der Waals surface area contributed by atoms with Gasteiger partial charge in [0.1, 0.15) is 11.9 Å². The maximum Gasteiger partial charge on any atom is 0.334 e. The Hall–Kier alpha value is -0.629. The molecule has 1 unspecified atom stereocenters. The van der Waals surface area contributed by atoms with Crippen molar-refractivity contribution in [2.24, 2.45) is 0 Å². The average Bonchev–Trinajstić information content (AvgIpc) is 3.66. The molecule has 6 atom stereocenters. The third-order valence-corrected chi connectivity index (χ3v) is 13.5. The van der Waals surface area contributed by atoms with Crippen LogP contribution in [0.25, 0.3) is 0 Å². The summed E-state index contributed by atoms with van der Waals surface area (Å²) in [6, 6.07) is 0. The Morgan fingerprint density at radius 3 is 1.54 bits per heavy atom. The monoisotopic (exact) mass is 811 g/mol. The molecule has 0 aromatic heterocycles. The van der Waals surface area contributed by atoms with E-state index in [-0.39, 0.29) is 42.6 Å². The third kappa shape index (κ3) is 23.6. The van der Waals surface area contributed by atoms with Crippen molar-refractivity contribution in [2.75, 3.05) is 0 Å².